The molecule has 2 aromatic rings. The molecular formula is C29H34N2O9. The van der Waals surface area contributed by atoms with Crippen LogP contribution >= 0.6 is 0 Å². The van der Waals surface area contributed by atoms with Gasteiger partial charge in [0.1, 0.15) is 12.2 Å². The number of rotatable bonds is 9. The number of aromatic hydroxyl groups is 1. The molecule has 11 heteroatoms. The molecule has 0 radical (unpaired) electrons. The highest BCUT2D eigenvalue weighted by Crippen LogP contribution is 2.29. The largest absolute Gasteiger partial charge is 0.505 e. The van der Waals surface area contributed by atoms with Gasteiger partial charge >= 0.3 is 17.9 Å². The number of anilines is 1. The first-order valence-corrected chi connectivity index (χ1v) is 13.0. The number of ether oxygens (including phenoxy) is 3. The normalized spacial score (nSPS) is 23.1. The van der Waals surface area contributed by atoms with E-state index in [2.05, 4.69) is 10.6 Å². The SMILES string of the molecule is CC(C)CC[C@H]1C(=O)O[C@H](C)[C@H](NC(=O)c2cccc(NC=O)c2O)C(=O)O[C@@H](C)[C@@H]1OC(=O)c1ccccc1. The molecule has 11 nitrogen and oxygen atoms in total. The van der Waals surface area contributed by atoms with Crippen molar-refractivity contribution in [1.29, 1.82) is 0 Å². The topological polar surface area (TPSA) is 157 Å². The molecule has 5 atom stereocenters. The van der Waals surface area contributed by atoms with E-state index >= 15 is 0 Å². The summed E-state index contributed by atoms with van der Waals surface area (Å²) in [6.45, 7) is 6.90. The summed E-state index contributed by atoms with van der Waals surface area (Å²) in [6, 6.07) is 10.9. The molecule has 0 bridgehead atoms. The molecule has 1 heterocycles. The Kier molecular flexibility index (Phi) is 10.2. The van der Waals surface area contributed by atoms with Gasteiger partial charge in [0.25, 0.3) is 5.91 Å². The van der Waals surface area contributed by atoms with Gasteiger partial charge in [-0.2, -0.15) is 0 Å². The van der Waals surface area contributed by atoms with Crippen LogP contribution < -0.4 is 10.6 Å². The Hall–Kier alpha value is -4.41. The van der Waals surface area contributed by atoms with E-state index in [-0.39, 0.29) is 22.7 Å². The summed E-state index contributed by atoms with van der Waals surface area (Å²) in [5.41, 5.74) is 0.0286. The Morgan fingerprint density at radius 1 is 1.00 bits per heavy atom. The summed E-state index contributed by atoms with van der Waals surface area (Å²) in [7, 11) is 0. The van der Waals surface area contributed by atoms with Crippen LogP contribution in [0, 0.1) is 11.8 Å². The zero-order chi connectivity index (χ0) is 29.4. The van der Waals surface area contributed by atoms with Gasteiger partial charge in [-0.25, -0.2) is 9.59 Å². The number of hydrogen-bond acceptors (Lipinski definition) is 9. The van der Waals surface area contributed by atoms with E-state index in [1.807, 2.05) is 13.8 Å². The van der Waals surface area contributed by atoms with Gasteiger partial charge in [0.15, 0.2) is 17.9 Å². The number of phenols is 1. The Morgan fingerprint density at radius 3 is 2.33 bits per heavy atom. The van der Waals surface area contributed by atoms with Gasteiger partial charge in [-0.05, 0) is 50.5 Å². The number of carbonyl (C=O) groups excluding carboxylic acids is 5. The number of carbonyl (C=O) groups is 5. The van der Waals surface area contributed by atoms with E-state index in [0.29, 0.717) is 19.3 Å². The average molecular weight is 555 g/mol. The number of esters is 3. The molecule has 1 saturated heterocycles. The van der Waals surface area contributed by atoms with Crippen molar-refractivity contribution in [2.24, 2.45) is 11.8 Å². The maximum absolute atomic E-state index is 13.4. The van der Waals surface area contributed by atoms with E-state index < -0.39 is 59.8 Å². The number of phenolic OH excluding ortho intramolecular Hbond substituents is 1. The minimum atomic E-state index is -1.45. The second-order valence-corrected chi connectivity index (χ2v) is 10.0. The average Bonchev–Trinajstić information content (AvgIpc) is 2.94. The first-order chi connectivity index (χ1) is 19.0. The standard InChI is InChI=1S/C29H34N2O9/c1-16(2)13-14-21-25(40-27(35)19-9-6-5-7-10-19)18(4)39-29(37)23(17(3)38-28(21)36)31-26(34)20-11-8-12-22(24(20)33)30-15-32/h5-12,15-18,21,23,25,33H,13-14H2,1-4H3,(H,30,32)(H,31,34)/t17-,18+,21-,23+,25+/m1/s1. The van der Waals surface area contributed by atoms with Crippen LogP contribution in [0.5, 0.6) is 5.75 Å². The van der Waals surface area contributed by atoms with Crippen molar-refractivity contribution >= 4 is 35.9 Å². The molecule has 0 spiro atoms. The van der Waals surface area contributed by atoms with Crippen LogP contribution in [0.4, 0.5) is 5.69 Å². The fourth-order valence-corrected chi connectivity index (χ4v) is 4.36. The van der Waals surface area contributed by atoms with E-state index in [1.165, 1.54) is 32.0 Å². The van der Waals surface area contributed by atoms with Crippen molar-refractivity contribution in [1.82, 2.24) is 5.32 Å². The Bertz CT molecular complexity index is 1230. The molecule has 2 amide bonds. The van der Waals surface area contributed by atoms with Gasteiger partial charge in [-0.3, -0.25) is 14.4 Å². The summed E-state index contributed by atoms with van der Waals surface area (Å²) in [6.07, 6.45) is -2.13. The highest BCUT2D eigenvalue weighted by Gasteiger charge is 2.44. The van der Waals surface area contributed by atoms with Crippen molar-refractivity contribution in [3.05, 3.63) is 59.7 Å². The molecule has 40 heavy (non-hydrogen) atoms. The molecule has 0 aliphatic carbocycles. The van der Waals surface area contributed by atoms with Gasteiger partial charge in [0, 0.05) is 0 Å². The molecule has 0 saturated carbocycles. The molecule has 0 unspecified atom stereocenters. The van der Waals surface area contributed by atoms with Crippen LogP contribution in [-0.2, 0) is 28.6 Å². The Morgan fingerprint density at radius 2 is 1.68 bits per heavy atom. The molecule has 0 aromatic heterocycles. The molecule has 1 fully saturated rings. The third kappa shape index (κ3) is 7.37. The fraction of sp³-hybridized carbons (Fsp3) is 0.414. The first kappa shape index (κ1) is 30.1. The third-order valence-corrected chi connectivity index (χ3v) is 6.58. The summed E-state index contributed by atoms with van der Waals surface area (Å²) >= 11 is 0. The van der Waals surface area contributed by atoms with Crippen LogP contribution in [0.2, 0.25) is 0 Å². The number of hydrogen-bond donors (Lipinski definition) is 3. The zero-order valence-electron chi connectivity index (χ0n) is 22.8. The highest BCUT2D eigenvalue weighted by molar-refractivity contribution is 6.01. The minimum absolute atomic E-state index is 0.0103. The van der Waals surface area contributed by atoms with Crippen LogP contribution in [0.3, 0.4) is 0 Å². The molecule has 214 valence electrons. The second kappa shape index (κ2) is 13.6. The van der Waals surface area contributed by atoms with E-state index in [1.54, 1.807) is 30.3 Å². The predicted molar refractivity (Wildman–Crippen MR) is 143 cm³/mol. The van der Waals surface area contributed by atoms with E-state index in [9.17, 15) is 29.1 Å². The number of para-hydroxylation sites is 1. The summed E-state index contributed by atoms with van der Waals surface area (Å²) < 4.78 is 17.0. The van der Waals surface area contributed by atoms with Crippen molar-refractivity contribution < 1.29 is 43.3 Å². The smallest absolute Gasteiger partial charge is 0.338 e. The number of nitrogens with one attached hydrogen (secondary N) is 2. The van der Waals surface area contributed by atoms with Gasteiger partial charge < -0.3 is 30.0 Å². The molecule has 2 aromatic carbocycles. The molecular weight excluding hydrogens is 520 g/mol. The number of benzene rings is 2. The maximum atomic E-state index is 13.4. The molecule has 3 N–H and O–H groups in total. The van der Waals surface area contributed by atoms with Gasteiger partial charge in [0.2, 0.25) is 6.41 Å². The second-order valence-electron chi connectivity index (χ2n) is 10.0. The molecule has 1 aliphatic heterocycles. The van der Waals surface area contributed by atoms with Crippen LogP contribution in [0.25, 0.3) is 0 Å². The molecule has 1 aliphatic rings. The van der Waals surface area contributed by atoms with E-state index in [4.69, 9.17) is 14.2 Å². The first-order valence-electron chi connectivity index (χ1n) is 13.0. The highest BCUT2D eigenvalue weighted by atomic mass is 16.6. The molecule has 3 rings (SSSR count). The van der Waals surface area contributed by atoms with Crippen LogP contribution in [0.1, 0.15) is 61.3 Å². The van der Waals surface area contributed by atoms with Crippen molar-refractivity contribution in [3.8, 4) is 5.75 Å². The lowest BCUT2D eigenvalue weighted by Gasteiger charge is -2.29. The van der Waals surface area contributed by atoms with Gasteiger partial charge in [-0.15, -0.1) is 0 Å². The Balaban J connectivity index is 1.90. The lowest BCUT2D eigenvalue weighted by atomic mass is 9.90. The Labute approximate surface area is 232 Å². The third-order valence-electron chi connectivity index (χ3n) is 6.58. The summed E-state index contributed by atoms with van der Waals surface area (Å²) in [4.78, 5) is 63.4. The summed E-state index contributed by atoms with van der Waals surface area (Å²) in [5, 5.41) is 15.1. The zero-order valence-corrected chi connectivity index (χ0v) is 22.8. The van der Waals surface area contributed by atoms with Gasteiger partial charge in [0.05, 0.1) is 22.7 Å². The number of amides is 2. The monoisotopic (exact) mass is 554 g/mol. The van der Waals surface area contributed by atoms with E-state index in [0.717, 1.165) is 0 Å². The minimum Gasteiger partial charge on any atom is -0.505 e. The van der Waals surface area contributed by atoms with Gasteiger partial charge in [-0.1, -0.05) is 44.5 Å². The van der Waals surface area contributed by atoms with Crippen molar-refractivity contribution in [3.63, 3.8) is 0 Å². The van der Waals surface area contributed by atoms with Crippen molar-refractivity contribution in [2.45, 2.75) is 64.9 Å². The van der Waals surface area contributed by atoms with Crippen LogP contribution in [0.15, 0.2) is 48.5 Å². The maximum Gasteiger partial charge on any atom is 0.338 e. The lowest BCUT2D eigenvalue weighted by Crippen LogP contribution is -2.50. The summed E-state index contributed by atoms with van der Waals surface area (Å²) in [5.74, 6) is -4.41. The van der Waals surface area contributed by atoms with Crippen LogP contribution in [-0.4, -0.2) is 59.7 Å². The fourth-order valence-electron chi connectivity index (χ4n) is 4.36. The predicted octanol–water partition coefficient (Wildman–Crippen LogP) is 3.21. The lowest BCUT2D eigenvalue weighted by molar-refractivity contribution is -0.160. The van der Waals surface area contributed by atoms with Crippen molar-refractivity contribution in [2.75, 3.05) is 5.32 Å². The number of cyclic esters (lactones) is 2. The quantitative estimate of drug-likeness (QED) is 0.183.